The Labute approximate surface area is 112 Å². The Hall–Kier alpha value is -1.70. The minimum atomic E-state index is -4.85. The second-order valence-electron chi connectivity index (χ2n) is 3.63. The van der Waals surface area contributed by atoms with Crippen molar-refractivity contribution in [1.29, 1.82) is 0 Å². The molecule has 0 bridgehead atoms. The van der Waals surface area contributed by atoms with Gasteiger partial charge in [0.05, 0.1) is 10.7 Å². The Balaban J connectivity index is 2.26. The van der Waals surface area contributed by atoms with Crippen molar-refractivity contribution in [2.45, 2.75) is 12.6 Å². The topological polar surface area (TPSA) is 80.0 Å². The van der Waals surface area contributed by atoms with E-state index in [1.54, 1.807) is 5.32 Å². The molecule has 1 rings (SSSR count). The van der Waals surface area contributed by atoms with E-state index in [1.165, 1.54) is 12.3 Å². The molecule has 0 unspecified atom stereocenters. The lowest BCUT2D eigenvalue weighted by Gasteiger charge is -2.10. The van der Waals surface area contributed by atoms with Crippen molar-refractivity contribution in [2.24, 2.45) is 0 Å². The van der Waals surface area contributed by atoms with Crippen LogP contribution in [0.3, 0.4) is 0 Å². The fourth-order valence-corrected chi connectivity index (χ4v) is 1.37. The fraction of sp³-hybridized carbons (Fsp3) is 0.400. The maximum Gasteiger partial charge on any atom is 0.471 e. The third-order valence-corrected chi connectivity index (χ3v) is 2.28. The molecule has 0 saturated heterocycles. The lowest BCUT2D eigenvalue weighted by atomic mass is 10.3. The SMILES string of the molecule is Nc1cc(Cl)cnc1NCCCNC(=O)C(F)(F)F. The number of amides is 1. The number of halogens is 4. The number of carbonyl (C=O) groups excluding carboxylic acids is 1. The van der Waals surface area contributed by atoms with Gasteiger partial charge in [-0.05, 0) is 12.5 Å². The molecular formula is C10H12ClF3N4O. The van der Waals surface area contributed by atoms with Crippen LogP contribution in [0.2, 0.25) is 5.02 Å². The van der Waals surface area contributed by atoms with E-state index in [0.29, 0.717) is 29.5 Å². The number of rotatable bonds is 5. The summed E-state index contributed by atoms with van der Waals surface area (Å²) in [5.41, 5.74) is 5.95. The van der Waals surface area contributed by atoms with Crippen molar-refractivity contribution in [3.05, 3.63) is 17.3 Å². The first-order valence-electron chi connectivity index (χ1n) is 5.30. The van der Waals surface area contributed by atoms with Gasteiger partial charge in [-0.25, -0.2) is 4.98 Å². The number of anilines is 2. The fourth-order valence-electron chi connectivity index (χ4n) is 1.20. The normalized spacial score (nSPS) is 11.2. The Morgan fingerprint density at radius 2 is 2.11 bits per heavy atom. The number of carbonyl (C=O) groups is 1. The molecule has 0 aliphatic carbocycles. The zero-order valence-electron chi connectivity index (χ0n) is 9.72. The van der Waals surface area contributed by atoms with Crippen LogP contribution in [0.25, 0.3) is 0 Å². The van der Waals surface area contributed by atoms with Crippen LogP contribution in [-0.2, 0) is 4.79 Å². The largest absolute Gasteiger partial charge is 0.471 e. The molecule has 0 aliphatic rings. The maximum atomic E-state index is 11.8. The third-order valence-electron chi connectivity index (χ3n) is 2.07. The predicted octanol–water partition coefficient (Wildman–Crippen LogP) is 1.80. The predicted molar refractivity (Wildman–Crippen MR) is 65.8 cm³/mol. The summed E-state index contributed by atoms with van der Waals surface area (Å²) in [6.45, 7) is 0.218. The first-order valence-corrected chi connectivity index (χ1v) is 5.68. The first-order chi connectivity index (χ1) is 8.80. The summed E-state index contributed by atoms with van der Waals surface area (Å²) in [5, 5.41) is 4.97. The number of nitrogens with two attached hydrogens (primary N) is 1. The van der Waals surface area contributed by atoms with Crippen molar-refractivity contribution in [3.8, 4) is 0 Å². The lowest BCUT2D eigenvalue weighted by Crippen LogP contribution is -2.37. The Bertz CT molecular complexity index is 453. The van der Waals surface area contributed by atoms with Crippen LogP contribution in [0.1, 0.15) is 6.42 Å². The van der Waals surface area contributed by atoms with Crippen LogP contribution >= 0.6 is 11.6 Å². The number of nitrogen functional groups attached to an aromatic ring is 1. The van der Waals surface area contributed by atoms with Gasteiger partial charge in [-0.3, -0.25) is 4.79 Å². The highest BCUT2D eigenvalue weighted by atomic mass is 35.5. The van der Waals surface area contributed by atoms with E-state index in [1.807, 2.05) is 0 Å². The average molecular weight is 297 g/mol. The standard InChI is InChI=1S/C10H12ClF3N4O/c11-6-4-7(15)8(18-5-6)16-2-1-3-17-9(19)10(12,13)14/h4-5H,1-3,15H2,(H,16,18)(H,17,19). The summed E-state index contributed by atoms with van der Waals surface area (Å²) in [6.07, 6.45) is -3.16. The van der Waals surface area contributed by atoms with Crippen molar-refractivity contribution < 1.29 is 18.0 Å². The van der Waals surface area contributed by atoms with E-state index in [9.17, 15) is 18.0 Å². The molecular weight excluding hydrogens is 285 g/mol. The summed E-state index contributed by atoms with van der Waals surface area (Å²) < 4.78 is 35.5. The molecule has 4 N–H and O–H groups in total. The van der Waals surface area contributed by atoms with Gasteiger partial charge in [-0.1, -0.05) is 11.6 Å². The van der Waals surface area contributed by atoms with Gasteiger partial charge in [-0.2, -0.15) is 13.2 Å². The number of nitrogens with zero attached hydrogens (tertiary/aromatic N) is 1. The molecule has 0 aromatic carbocycles. The van der Waals surface area contributed by atoms with E-state index < -0.39 is 12.1 Å². The van der Waals surface area contributed by atoms with Crippen molar-refractivity contribution in [3.63, 3.8) is 0 Å². The lowest BCUT2D eigenvalue weighted by molar-refractivity contribution is -0.173. The molecule has 0 fully saturated rings. The smallest absolute Gasteiger partial charge is 0.396 e. The molecule has 9 heteroatoms. The highest BCUT2D eigenvalue weighted by Crippen LogP contribution is 2.19. The highest BCUT2D eigenvalue weighted by Gasteiger charge is 2.38. The van der Waals surface area contributed by atoms with Crippen LogP contribution in [-0.4, -0.2) is 30.2 Å². The summed E-state index contributed by atoms with van der Waals surface area (Å²) in [4.78, 5) is 14.4. The van der Waals surface area contributed by atoms with Gasteiger partial charge >= 0.3 is 12.1 Å². The van der Waals surface area contributed by atoms with E-state index in [0.717, 1.165) is 0 Å². The van der Waals surface area contributed by atoms with Crippen LogP contribution in [0.5, 0.6) is 0 Å². The van der Waals surface area contributed by atoms with Gasteiger partial charge in [0.2, 0.25) is 0 Å². The number of pyridine rings is 1. The quantitative estimate of drug-likeness (QED) is 0.724. The van der Waals surface area contributed by atoms with Crippen molar-refractivity contribution >= 4 is 29.0 Å². The minimum Gasteiger partial charge on any atom is -0.396 e. The molecule has 1 aromatic rings. The average Bonchev–Trinajstić information content (AvgIpc) is 2.29. The molecule has 5 nitrogen and oxygen atoms in total. The molecule has 0 spiro atoms. The second-order valence-corrected chi connectivity index (χ2v) is 4.06. The summed E-state index contributed by atoms with van der Waals surface area (Å²) >= 11 is 5.65. The van der Waals surface area contributed by atoms with Crippen LogP contribution in [0.15, 0.2) is 12.3 Å². The Kier molecular flexibility index (Phi) is 5.22. The van der Waals surface area contributed by atoms with Crippen LogP contribution in [0, 0.1) is 0 Å². The van der Waals surface area contributed by atoms with Gasteiger partial charge < -0.3 is 16.4 Å². The van der Waals surface area contributed by atoms with Gasteiger partial charge in [0.1, 0.15) is 5.82 Å². The van der Waals surface area contributed by atoms with E-state index in [4.69, 9.17) is 17.3 Å². The van der Waals surface area contributed by atoms with Gasteiger partial charge in [0.15, 0.2) is 0 Å². The van der Waals surface area contributed by atoms with Gasteiger partial charge in [-0.15, -0.1) is 0 Å². The number of alkyl halides is 3. The molecule has 0 atom stereocenters. The number of hydrogen-bond acceptors (Lipinski definition) is 4. The number of nitrogens with one attached hydrogen (secondary N) is 2. The van der Waals surface area contributed by atoms with Crippen LogP contribution in [0.4, 0.5) is 24.7 Å². The number of aromatic nitrogens is 1. The summed E-state index contributed by atoms with van der Waals surface area (Å²) in [7, 11) is 0. The molecule has 1 heterocycles. The monoisotopic (exact) mass is 296 g/mol. The van der Waals surface area contributed by atoms with Crippen LogP contribution < -0.4 is 16.4 Å². The van der Waals surface area contributed by atoms with Crippen molar-refractivity contribution in [1.82, 2.24) is 10.3 Å². The molecule has 0 aliphatic heterocycles. The third kappa shape index (κ3) is 5.21. The maximum absolute atomic E-state index is 11.8. The first kappa shape index (κ1) is 15.4. The molecule has 1 amide bonds. The van der Waals surface area contributed by atoms with E-state index in [-0.39, 0.29) is 6.54 Å². The Morgan fingerprint density at radius 3 is 2.68 bits per heavy atom. The molecule has 1 aromatic heterocycles. The van der Waals surface area contributed by atoms with Gasteiger partial charge in [0, 0.05) is 19.3 Å². The van der Waals surface area contributed by atoms with Crippen molar-refractivity contribution in [2.75, 3.05) is 24.1 Å². The molecule has 106 valence electrons. The zero-order valence-corrected chi connectivity index (χ0v) is 10.5. The molecule has 19 heavy (non-hydrogen) atoms. The molecule has 0 radical (unpaired) electrons. The van der Waals surface area contributed by atoms with Gasteiger partial charge in [0.25, 0.3) is 0 Å². The number of hydrogen-bond donors (Lipinski definition) is 3. The van der Waals surface area contributed by atoms with E-state index >= 15 is 0 Å². The zero-order chi connectivity index (χ0) is 14.5. The Morgan fingerprint density at radius 1 is 1.42 bits per heavy atom. The molecule has 0 saturated carbocycles. The minimum absolute atomic E-state index is 0.0984. The summed E-state index contributed by atoms with van der Waals surface area (Å²) in [6, 6.07) is 1.50. The summed E-state index contributed by atoms with van der Waals surface area (Å²) in [5.74, 6) is -1.55. The second kappa shape index (κ2) is 6.46. The van der Waals surface area contributed by atoms with E-state index in [2.05, 4.69) is 10.3 Å². The highest BCUT2D eigenvalue weighted by molar-refractivity contribution is 6.30.